The van der Waals surface area contributed by atoms with E-state index in [1.54, 1.807) is 19.9 Å². The predicted octanol–water partition coefficient (Wildman–Crippen LogP) is 3.07. The molecule has 6 atom stereocenters. The van der Waals surface area contributed by atoms with Crippen LogP contribution < -0.4 is 5.73 Å². The van der Waals surface area contributed by atoms with Gasteiger partial charge in [0.05, 0.1) is 82.7 Å². The second-order valence-corrected chi connectivity index (χ2v) is 11.9. The molecule has 0 amide bonds. The Morgan fingerprint density at radius 2 is 1.41 bits per heavy atom. The number of rotatable bonds is 31. The lowest BCUT2D eigenvalue weighted by atomic mass is 9.82. The molecule has 0 rings (SSSR count). The molecule has 0 spiro atoms. The molecule has 13 heteroatoms. The van der Waals surface area contributed by atoms with Gasteiger partial charge in [-0.05, 0) is 46.5 Å². The zero-order valence-corrected chi connectivity index (χ0v) is 27.7. The summed E-state index contributed by atoms with van der Waals surface area (Å²) in [6, 6.07) is 0. The van der Waals surface area contributed by atoms with Gasteiger partial charge in [0.15, 0.2) is 0 Å². The molecule has 44 heavy (non-hydrogen) atoms. The molecule has 0 heterocycles. The number of halogens is 2. The average molecular weight is 646 g/mol. The van der Waals surface area contributed by atoms with E-state index in [2.05, 4.69) is 6.58 Å². The minimum atomic E-state index is -2.03. The Kier molecular flexibility index (Phi) is 23.0. The van der Waals surface area contributed by atoms with Crippen LogP contribution in [-0.2, 0) is 33.2 Å². The molecule has 0 aliphatic carbocycles. The fraction of sp³-hybridized carbons (Fsp3) is 0.935. The Hall–Kier alpha value is -0.840. The molecule has 0 aromatic carbocycles. The number of ether oxygens (including phenoxy) is 7. The van der Waals surface area contributed by atoms with Crippen LogP contribution in [0.1, 0.15) is 66.7 Å². The number of alkyl halides is 2. The molecule has 0 fully saturated rings. The SMILES string of the molecule is C=CCOCCC(O)COCCOC(C)(F)CCOC(C)(N)C(C)(CF)COC(C)(CC)CCOCC(O)CCOCCO. The first-order valence-electron chi connectivity index (χ1n) is 15.5. The lowest BCUT2D eigenvalue weighted by Crippen LogP contribution is -2.58. The van der Waals surface area contributed by atoms with Crippen molar-refractivity contribution in [2.75, 3.05) is 86.0 Å². The molecule has 11 nitrogen and oxygen atoms in total. The highest BCUT2D eigenvalue weighted by Gasteiger charge is 2.45. The Labute approximate surface area is 263 Å². The van der Waals surface area contributed by atoms with Gasteiger partial charge in [-0.2, -0.15) is 0 Å². The Bertz CT molecular complexity index is 721. The van der Waals surface area contributed by atoms with Gasteiger partial charge in [0.2, 0.25) is 5.85 Å². The highest BCUT2D eigenvalue weighted by molar-refractivity contribution is 4.91. The van der Waals surface area contributed by atoms with Gasteiger partial charge in [0, 0.05) is 26.2 Å². The summed E-state index contributed by atoms with van der Waals surface area (Å²) in [4.78, 5) is 0. The number of hydrogen-bond acceptors (Lipinski definition) is 11. The van der Waals surface area contributed by atoms with Crippen LogP contribution in [0.5, 0.6) is 0 Å². The van der Waals surface area contributed by atoms with Gasteiger partial charge in [-0.1, -0.05) is 19.9 Å². The monoisotopic (exact) mass is 645 g/mol. The third kappa shape index (κ3) is 19.6. The van der Waals surface area contributed by atoms with E-state index in [1.807, 2.05) is 13.8 Å². The molecule has 6 unspecified atom stereocenters. The zero-order chi connectivity index (χ0) is 33.5. The van der Waals surface area contributed by atoms with Crippen LogP contribution >= 0.6 is 0 Å². The molecule has 264 valence electrons. The molecular formula is C31H61F2NO10. The second kappa shape index (κ2) is 23.5. The number of nitrogens with two attached hydrogens (primary N) is 1. The first-order valence-corrected chi connectivity index (χ1v) is 15.5. The minimum absolute atomic E-state index is 0.0278. The van der Waals surface area contributed by atoms with E-state index in [9.17, 15) is 19.0 Å². The molecule has 0 aliphatic heterocycles. The highest BCUT2D eigenvalue weighted by atomic mass is 19.2. The summed E-state index contributed by atoms with van der Waals surface area (Å²) < 4.78 is 67.8. The third-order valence-electron chi connectivity index (χ3n) is 7.62. The number of hydrogen-bond donors (Lipinski definition) is 4. The van der Waals surface area contributed by atoms with Crippen molar-refractivity contribution >= 4 is 0 Å². The topological polar surface area (TPSA) is 151 Å². The van der Waals surface area contributed by atoms with Crippen LogP contribution in [0.15, 0.2) is 12.7 Å². The molecule has 0 aliphatic rings. The summed E-state index contributed by atoms with van der Waals surface area (Å²) in [7, 11) is 0. The van der Waals surface area contributed by atoms with E-state index in [0.29, 0.717) is 52.1 Å². The van der Waals surface area contributed by atoms with Crippen molar-refractivity contribution in [3.63, 3.8) is 0 Å². The molecule has 0 aromatic rings. The smallest absolute Gasteiger partial charge is 0.208 e. The largest absolute Gasteiger partial charge is 0.394 e. The lowest BCUT2D eigenvalue weighted by molar-refractivity contribution is -0.195. The van der Waals surface area contributed by atoms with Gasteiger partial charge in [0.25, 0.3) is 0 Å². The lowest BCUT2D eigenvalue weighted by Gasteiger charge is -2.44. The van der Waals surface area contributed by atoms with Crippen molar-refractivity contribution < 1.29 is 57.3 Å². The molecule has 0 saturated heterocycles. The van der Waals surface area contributed by atoms with E-state index < -0.39 is 41.5 Å². The van der Waals surface area contributed by atoms with E-state index in [4.69, 9.17) is 44.0 Å². The van der Waals surface area contributed by atoms with Gasteiger partial charge in [0.1, 0.15) is 12.4 Å². The fourth-order valence-electron chi connectivity index (χ4n) is 3.67. The van der Waals surface area contributed by atoms with Crippen LogP contribution in [0.3, 0.4) is 0 Å². The van der Waals surface area contributed by atoms with Crippen LogP contribution in [0, 0.1) is 5.41 Å². The maximum absolute atomic E-state index is 14.9. The molecule has 0 saturated carbocycles. The maximum Gasteiger partial charge on any atom is 0.208 e. The summed E-state index contributed by atoms with van der Waals surface area (Å²) in [5, 5.41) is 28.6. The van der Waals surface area contributed by atoms with E-state index in [-0.39, 0.29) is 59.3 Å². The van der Waals surface area contributed by atoms with Gasteiger partial charge >= 0.3 is 0 Å². The molecule has 0 aromatic heterocycles. The van der Waals surface area contributed by atoms with Crippen molar-refractivity contribution in [3.8, 4) is 0 Å². The van der Waals surface area contributed by atoms with Gasteiger partial charge in [-0.25, -0.2) is 4.39 Å². The predicted molar refractivity (Wildman–Crippen MR) is 164 cm³/mol. The standard InChI is InChI=1S/C31H61F2NO10/c1-7-14-38-15-9-27(37)23-41-20-21-42-30(5,33)12-18-43-31(6,34)28(3,24-32)25-44-29(4,8-2)11-17-40-22-26(36)10-16-39-19-13-35/h7,26-27,35-37H,1,8-25,34H2,2-6H3. The van der Waals surface area contributed by atoms with Crippen LogP contribution in [0.2, 0.25) is 0 Å². The summed E-state index contributed by atoms with van der Waals surface area (Å²) in [5.41, 5.74) is 3.06. The van der Waals surface area contributed by atoms with E-state index >= 15 is 0 Å². The number of aliphatic hydroxyl groups excluding tert-OH is 3. The summed E-state index contributed by atoms with van der Waals surface area (Å²) in [6.07, 6.45) is 2.04. The van der Waals surface area contributed by atoms with Crippen molar-refractivity contribution in [2.45, 2.75) is 96.1 Å². The summed E-state index contributed by atoms with van der Waals surface area (Å²) in [6.45, 7) is 12.8. The van der Waals surface area contributed by atoms with Crippen LogP contribution in [0.25, 0.3) is 0 Å². The fourth-order valence-corrected chi connectivity index (χ4v) is 3.67. The van der Waals surface area contributed by atoms with Gasteiger partial charge < -0.3 is 54.2 Å². The van der Waals surface area contributed by atoms with E-state index in [1.165, 1.54) is 6.92 Å². The molecule has 0 radical (unpaired) electrons. The summed E-state index contributed by atoms with van der Waals surface area (Å²) >= 11 is 0. The Balaban J connectivity index is 4.53. The Morgan fingerprint density at radius 1 is 0.795 bits per heavy atom. The highest BCUT2D eigenvalue weighted by Crippen LogP contribution is 2.35. The Morgan fingerprint density at radius 3 is 1.98 bits per heavy atom. The second-order valence-electron chi connectivity index (χ2n) is 11.9. The van der Waals surface area contributed by atoms with Crippen molar-refractivity contribution in [2.24, 2.45) is 11.1 Å². The number of aliphatic hydroxyl groups is 3. The minimum Gasteiger partial charge on any atom is -0.394 e. The molecular weight excluding hydrogens is 584 g/mol. The first kappa shape index (κ1) is 43.2. The molecule has 5 N–H and O–H groups in total. The normalized spacial score (nSPS) is 19.0. The molecule has 0 bridgehead atoms. The van der Waals surface area contributed by atoms with Gasteiger partial charge in [-0.3, -0.25) is 4.39 Å². The van der Waals surface area contributed by atoms with Gasteiger partial charge in [-0.15, -0.1) is 6.58 Å². The van der Waals surface area contributed by atoms with Crippen LogP contribution in [0.4, 0.5) is 8.78 Å². The van der Waals surface area contributed by atoms with E-state index in [0.717, 1.165) is 0 Å². The van der Waals surface area contributed by atoms with Crippen molar-refractivity contribution in [1.82, 2.24) is 0 Å². The summed E-state index contributed by atoms with van der Waals surface area (Å²) in [5.74, 6) is -2.03. The zero-order valence-electron chi connectivity index (χ0n) is 27.7. The van der Waals surface area contributed by atoms with Crippen molar-refractivity contribution in [3.05, 3.63) is 12.7 Å². The average Bonchev–Trinajstić information content (AvgIpc) is 2.98. The maximum atomic E-state index is 14.9. The first-order chi connectivity index (χ1) is 20.7. The van der Waals surface area contributed by atoms with Crippen molar-refractivity contribution in [1.29, 1.82) is 0 Å². The quantitative estimate of drug-likeness (QED) is 0.0500. The third-order valence-corrected chi connectivity index (χ3v) is 7.62. The van der Waals surface area contributed by atoms with Crippen LogP contribution in [-0.4, -0.2) is 131 Å².